The van der Waals surface area contributed by atoms with Crippen molar-refractivity contribution in [1.29, 1.82) is 0 Å². The van der Waals surface area contributed by atoms with Crippen molar-refractivity contribution >= 4 is 11.7 Å². The summed E-state index contributed by atoms with van der Waals surface area (Å²) in [6.07, 6.45) is -0.594. The van der Waals surface area contributed by atoms with Gasteiger partial charge in [-0.2, -0.15) is 0 Å². The number of fused-ring (bicyclic) bond motifs is 1. The van der Waals surface area contributed by atoms with Gasteiger partial charge in [0, 0.05) is 37.8 Å². The Kier molecular flexibility index (Phi) is 5.96. The first-order valence-electron chi connectivity index (χ1n) is 11.5. The van der Waals surface area contributed by atoms with E-state index >= 15 is 0 Å². The monoisotopic (exact) mass is 460 g/mol. The molecule has 0 bridgehead atoms. The number of carbonyl (C=O) groups is 1. The van der Waals surface area contributed by atoms with Gasteiger partial charge in [0.1, 0.15) is 5.75 Å². The largest absolute Gasteiger partial charge is 0.481 e. The van der Waals surface area contributed by atoms with Gasteiger partial charge >= 0.3 is 0 Å². The number of anilines is 1. The number of rotatable bonds is 5. The van der Waals surface area contributed by atoms with E-state index in [1.54, 1.807) is 25.1 Å². The number of piperazine rings is 1. The molecule has 0 saturated carbocycles. The fourth-order valence-corrected chi connectivity index (χ4v) is 4.17. The van der Waals surface area contributed by atoms with Crippen LogP contribution >= 0.6 is 0 Å². The van der Waals surface area contributed by atoms with Crippen LogP contribution in [0.1, 0.15) is 18.1 Å². The third-order valence-corrected chi connectivity index (χ3v) is 6.37. The number of ether oxygens (including phenoxy) is 3. The van der Waals surface area contributed by atoms with E-state index < -0.39 is 6.10 Å². The van der Waals surface area contributed by atoms with Crippen LogP contribution in [0.25, 0.3) is 11.3 Å². The maximum Gasteiger partial charge on any atom is 0.263 e. The van der Waals surface area contributed by atoms with Crippen LogP contribution in [0.3, 0.4) is 0 Å². The van der Waals surface area contributed by atoms with Crippen molar-refractivity contribution < 1.29 is 19.0 Å². The van der Waals surface area contributed by atoms with Gasteiger partial charge in [0.15, 0.2) is 23.4 Å². The molecule has 1 aromatic heterocycles. The van der Waals surface area contributed by atoms with Crippen molar-refractivity contribution in [2.75, 3.05) is 37.9 Å². The summed E-state index contributed by atoms with van der Waals surface area (Å²) < 4.78 is 16.6. The van der Waals surface area contributed by atoms with Crippen LogP contribution in [-0.4, -0.2) is 60.1 Å². The van der Waals surface area contributed by atoms with Gasteiger partial charge in [0.05, 0.1) is 5.69 Å². The lowest BCUT2D eigenvalue weighted by molar-refractivity contribution is -0.138. The smallest absolute Gasteiger partial charge is 0.263 e. The quantitative estimate of drug-likeness (QED) is 0.576. The molecule has 8 nitrogen and oxygen atoms in total. The zero-order valence-corrected chi connectivity index (χ0v) is 19.7. The molecule has 176 valence electrons. The zero-order valence-electron chi connectivity index (χ0n) is 19.7. The van der Waals surface area contributed by atoms with Gasteiger partial charge in [0.2, 0.25) is 6.79 Å². The number of benzene rings is 2. The van der Waals surface area contributed by atoms with Crippen molar-refractivity contribution in [3.05, 3.63) is 59.7 Å². The van der Waals surface area contributed by atoms with Crippen LogP contribution in [0.15, 0.2) is 48.5 Å². The topological polar surface area (TPSA) is 77.0 Å². The SMILES string of the molecule is Cc1ccc(-c2ccc(N3CCN(C(=O)C(C)Oc4ccc5c(c4)OCO5)CC3)nn2)cc1C. The van der Waals surface area contributed by atoms with E-state index in [2.05, 4.69) is 47.1 Å². The Morgan fingerprint density at radius 3 is 2.44 bits per heavy atom. The Bertz CT molecular complexity index is 1190. The summed E-state index contributed by atoms with van der Waals surface area (Å²) in [6, 6.07) is 15.7. The summed E-state index contributed by atoms with van der Waals surface area (Å²) in [5.74, 6) is 2.70. The van der Waals surface area contributed by atoms with E-state index in [4.69, 9.17) is 14.2 Å². The van der Waals surface area contributed by atoms with Crippen molar-refractivity contribution in [2.24, 2.45) is 0 Å². The summed E-state index contributed by atoms with van der Waals surface area (Å²) in [5, 5.41) is 8.88. The Hall–Kier alpha value is -3.81. The normalized spacial score (nSPS) is 15.9. The number of aromatic nitrogens is 2. The van der Waals surface area contributed by atoms with E-state index in [0.29, 0.717) is 43.4 Å². The Labute approximate surface area is 199 Å². The second-order valence-electron chi connectivity index (χ2n) is 8.66. The summed E-state index contributed by atoms with van der Waals surface area (Å²) >= 11 is 0. The molecular formula is C26H28N4O4. The fraction of sp³-hybridized carbons (Fsp3) is 0.346. The highest BCUT2D eigenvalue weighted by Crippen LogP contribution is 2.35. The van der Waals surface area contributed by atoms with Crippen LogP contribution in [0.5, 0.6) is 17.2 Å². The number of hydrogen-bond acceptors (Lipinski definition) is 7. The lowest BCUT2D eigenvalue weighted by atomic mass is 10.0. The predicted octanol–water partition coefficient (Wildman–Crippen LogP) is 3.61. The molecule has 8 heteroatoms. The molecule has 2 aliphatic heterocycles. The summed E-state index contributed by atoms with van der Waals surface area (Å²) in [7, 11) is 0. The zero-order chi connectivity index (χ0) is 23.7. The highest BCUT2D eigenvalue weighted by molar-refractivity contribution is 5.81. The molecule has 1 amide bonds. The number of carbonyl (C=O) groups excluding carboxylic acids is 1. The van der Waals surface area contributed by atoms with Gasteiger partial charge < -0.3 is 24.0 Å². The molecule has 1 unspecified atom stereocenters. The molecule has 34 heavy (non-hydrogen) atoms. The van der Waals surface area contributed by atoms with Crippen molar-refractivity contribution in [2.45, 2.75) is 26.9 Å². The van der Waals surface area contributed by atoms with E-state index in [9.17, 15) is 4.79 Å². The number of hydrogen-bond donors (Lipinski definition) is 0. The van der Waals surface area contributed by atoms with Crippen LogP contribution in [-0.2, 0) is 4.79 Å². The third kappa shape index (κ3) is 4.48. The predicted molar refractivity (Wildman–Crippen MR) is 128 cm³/mol. The first-order valence-corrected chi connectivity index (χ1v) is 11.5. The summed E-state index contributed by atoms with van der Waals surface area (Å²) in [6.45, 7) is 8.78. The summed E-state index contributed by atoms with van der Waals surface area (Å²) in [5.41, 5.74) is 4.42. The highest BCUT2D eigenvalue weighted by atomic mass is 16.7. The molecule has 0 radical (unpaired) electrons. The maximum atomic E-state index is 12.9. The molecule has 2 aliphatic rings. The van der Waals surface area contributed by atoms with Crippen LogP contribution < -0.4 is 19.1 Å². The van der Waals surface area contributed by atoms with E-state index in [0.717, 1.165) is 17.1 Å². The molecule has 2 aromatic carbocycles. The van der Waals surface area contributed by atoms with E-state index in [-0.39, 0.29) is 12.7 Å². The first kappa shape index (κ1) is 22.0. The minimum absolute atomic E-state index is 0.0338. The lowest BCUT2D eigenvalue weighted by Crippen LogP contribution is -2.52. The molecule has 1 saturated heterocycles. The molecular weight excluding hydrogens is 432 g/mol. The van der Waals surface area contributed by atoms with Gasteiger partial charge in [-0.15, -0.1) is 10.2 Å². The molecule has 1 atom stereocenters. The highest BCUT2D eigenvalue weighted by Gasteiger charge is 2.27. The average Bonchev–Trinajstić information content (AvgIpc) is 3.33. The van der Waals surface area contributed by atoms with Gasteiger partial charge in [-0.1, -0.05) is 12.1 Å². The minimum Gasteiger partial charge on any atom is -0.481 e. The Balaban J connectivity index is 1.16. The van der Waals surface area contributed by atoms with E-state index in [1.807, 2.05) is 17.0 Å². The molecule has 3 aromatic rings. The molecule has 1 fully saturated rings. The van der Waals surface area contributed by atoms with Crippen molar-refractivity contribution in [3.8, 4) is 28.5 Å². The Morgan fingerprint density at radius 2 is 1.71 bits per heavy atom. The van der Waals surface area contributed by atoms with Gasteiger partial charge in [-0.3, -0.25) is 4.79 Å². The van der Waals surface area contributed by atoms with E-state index in [1.165, 1.54) is 11.1 Å². The molecule has 3 heterocycles. The minimum atomic E-state index is -0.594. The maximum absolute atomic E-state index is 12.9. The third-order valence-electron chi connectivity index (χ3n) is 6.37. The number of aryl methyl sites for hydroxylation is 2. The molecule has 0 spiro atoms. The van der Waals surface area contributed by atoms with Crippen LogP contribution in [0.2, 0.25) is 0 Å². The van der Waals surface area contributed by atoms with Crippen LogP contribution in [0, 0.1) is 13.8 Å². The Morgan fingerprint density at radius 1 is 0.912 bits per heavy atom. The standard InChI is InChI=1S/C26H28N4O4/c1-17-4-5-20(14-18(17)2)22-7-9-25(28-27-22)29-10-12-30(13-11-29)26(31)19(3)34-21-6-8-23-24(15-21)33-16-32-23/h4-9,14-15,19H,10-13,16H2,1-3H3. The lowest BCUT2D eigenvalue weighted by Gasteiger charge is -2.36. The fourth-order valence-electron chi connectivity index (χ4n) is 4.17. The average molecular weight is 461 g/mol. The second-order valence-corrected chi connectivity index (χ2v) is 8.66. The van der Waals surface area contributed by atoms with Crippen molar-refractivity contribution in [3.63, 3.8) is 0 Å². The van der Waals surface area contributed by atoms with Crippen LogP contribution in [0.4, 0.5) is 5.82 Å². The first-order chi connectivity index (χ1) is 16.5. The van der Waals surface area contributed by atoms with Crippen molar-refractivity contribution in [1.82, 2.24) is 15.1 Å². The van der Waals surface area contributed by atoms with Gasteiger partial charge in [0.25, 0.3) is 5.91 Å². The molecule has 0 aliphatic carbocycles. The number of nitrogens with zero attached hydrogens (tertiary/aromatic N) is 4. The van der Waals surface area contributed by atoms with Gasteiger partial charge in [-0.25, -0.2) is 0 Å². The molecule has 0 N–H and O–H groups in total. The van der Waals surface area contributed by atoms with Gasteiger partial charge in [-0.05, 0) is 62.2 Å². The second kappa shape index (κ2) is 9.21. The number of amides is 1. The summed E-state index contributed by atoms with van der Waals surface area (Å²) in [4.78, 5) is 16.9. The molecule has 5 rings (SSSR count).